The molecule has 0 unspecified atom stereocenters. The SMILES string of the molecule is O=C(CSc1nnc2n1CCCCC2)NC(=O)c1ccc(OC(F)F)cc1. The van der Waals surface area contributed by atoms with Crippen LogP contribution in [0.3, 0.4) is 0 Å². The third-order valence-electron chi connectivity index (χ3n) is 4.00. The molecule has 0 saturated heterocycles. The number of rotatable bonds is 6. The first-order chi connectivity index (χ1) is 13.0. The number of thioether (sulfide) groups is 1. The molecule has 0 atom stereocenters. The normalized spacial score (nSPS) is 13.7. The van der Waals surface area contributed by atoms with Crippen molar-refractivity contribution in [1.29, 1.82) is 0 Å². The second-order valence-corrected chi connectivity index (χ2v) is 6.87. The lowest BCUT2D eigenvalue weighted by Gasteiger charge is -2.07. The van der Waals surface area contributed by atoms with Crippen molar-refractivity contribution in [3.05, 3.63) is 35.7 Å². The Kier molecular flexibility index (Phi) is 6.38. The van der Waals surface area contributed by atoms with E-state index in [0.717, 1.165) is 38.1 Å². The summed E-state index contributed by atoms with van der Waals surface area (Å²) in [7, 11) is 0. The maximum atomic E-state index is 12.1. The van der Waals surface area contributed by atoms with E-state index in [4.69, 9.17) is 0 Å². The molecule has 2 aromatic rings. The van der Waals surface area contributed by atoms with Crippen molar-refractivity contribution >= 4 is 23.6 Å². The average molecular weight is 396 g/mol. The molecule has 10 heteroatoms. The molecular weight excluding hydrogens is 378 g/mol. The van der Waals surface area contributed by atoms with Gasteiger partial charge in [-0.3, -0.25) is 14.9 Å². The van der Waals surface area contributed by atoms with E-state index in [1.807, 2.05) is 4.57 Å². The zero-order valence-corrected chi connectivity index (χ0v) is 15.2. The predicted molar refractivity (Wildman–Crippen MR) is 93.8 cm³/mol. The van der Waals surface area contributed by atoms with Crippen LogP contribution in [0.2, 0.25) is 0 Å². The van der Waals surface area contributed by atoms with Gasteiger partial charge in [0.15, 0.2) is 5.16 Å². The number of halogens is 2. The number of carbonyl (C=O) groups excluding carboxylic acids is 2. The van der Waals surface area contributed by atoms with Crippen molar-refractivity contribution in [3.8, 4) is 5.75 Å². The molecule has 0 saturated carbocycles. The number of ether oxygens (including phenoxy) is 1. The molecule has 3 rings (SSSR count). The maximum absolute atomic E-state index is 12.1. The Hall–Kier alpha value is -2.49. The highest BCUT2D eigenvalue weighted by molar-refractivity contribution is 7.99. The summed E-state index contributed by atoms with van der Waals surface area (Å²) in [5.41, 5.74) is 0.173. The maximum Gasteiger partial charge on any atom is 0.387 e. The van der Waals surface area contributed by atoms with Crippen molar-refractivity contribution < 1.29 is 23.1 Å². The Labute approximate surface area is 158 Å². The van der Waals surface area contributed by atoms with E-state index in [9.17, 15) is 18.4 Å². The molecule has 0 fully saturated rings. The molecule has 7 nitrogen and oxygen atoms in total. The Bertz CT molecular complexity index is 811. The number of carbonyl (C=O) groups is 2. The van der Waals surface area contributed by atoms with Gasteiger partial charge in [0.05, 0.1) is 5.75 Å². The van der Waals surface area contributed by atoms with Gasteiger partial charge in [0.2, 0.25) is 5.91 Å². The van der Waals surface area contributed by atoms with Crippen LogP contribution >= 0.6 is 11.8 Å². The lowest BCUT2D eigenvalue weighted by molar-refractivity contribution is -0.117. The van der Waals surface area contributed by atoms with Crippen LogP contribution in [0, 0.1) is 0 Å². The number of aromatic nitrogens is 3. The van der Waals surface area contributed by atoms with Gasteiger partial charge in [0.1, 0.15) is 11.6 Å². The molecular formula is C17H18F2N4O3S. The van der Waals surface area contributed by atoms with Gasteiger partial charge < -0.3 is 9.30 Å². The summed E-state index contributed by atoms with van der Waals surface area (Å²) < 4.78 is 30.5. The predicted octanol–water partition coefficient (Wildman–Crippen LogP) is 2.65. The minimum absolute atomic E-state index is 0.0243. The van der Waals surface area contributed by atoms with Gasteiger partial charge in [-0.15, -0.1) is 10.2 Å². The molecule has 1 aromatic carbocycles. The van der Waals surface area contributed by atoms with E-state index in [-0.39, 0.29) is 17.1 Å². The molecule has 1 aromatic heterocycles. The van der Waals surface area contributed by atoms with Crippen LogP contribution < -0.4 is 10.1 Å². The Balaban J connectivity index is 1.52. The fourth-order valence-electron chi connectivity index (χ4n) is 2.72. The molecule has 144 valence electrons. The van der Waals surface area contributed by atoms with Crippen molar-refractivity contribution in [2.24, 2.45) is 0 Å². The van der Waals surface area contributed by atoms with Crippen LogP contribution in [-0.4, -0.2) is 38.9 Å². The standard InChI is InChI=1S/C17H18F2N4O3S/c18-16(19)26-12-7-5-11(6-8-12)15(25)20-14(24)10-27-17-22-21-13-4-2-1-3-9-23(13)17/h5-8,16H,1-4,9-10H2,(H,20,24,25). The largest absolute Gasteiger partial charge is 0.435 e. The van der Waals surface area contributed by atoms with Gasteiger partial charge in [-0.05, 0) is 37.1 Å². The molecule has 1 aliphatic heterocycles. The molecule has 0 bridgehead atoms. The number of imide groups is 1. The number of alkyl halides is 2. The number of hydrogen-bond donors (Lipinski definition) is 1. The second kappa shape index (κ2) is 8.94. The molecule has 0 aliphatic carbocycles. The first kappa shape index (κ1) is 19.3. The highest BCUT2D eigenvalue weighted by Gasteiger charge is 2.17. The van der Waals surface area contributed by atoms with Crippen LogP contribution in [0.5, 0.6) is 5.75 Å². The van der Waals surface area contributed by atoms with Crippen molar-refractivity contribution in [2.75, 3.05) is 5.75 Å². The van der Waals surface area contributed by atoms with E-state index in [2.05, 4.69) is 20.3 Å². The number of hydrogen-bond acceptors (Lipinski definition) is 6. The summed E-state index contributed by atoms with van der Waals surface area (Å²) in [6.07, 6.45) is 4.15. The summed E-state index contributed by atoms with van der Waals surface area (Å²) in [5, 5.41) is 11.2. The zero-order valence-electron chi connectivity index (χ0n) is 14.4. The Morgan fingerprint density at radius 2 is 1.96 bits per heavy atom. The number of nitrogens with zero attached hydrogens (tertiary/aromatic N) is 3. The number of fused-ring (bicyclic) bond motifs is 1. The molecule has 0 radical (unpaired) electrons. The van der Waals surface area contributed by atoms with E-state index in [0.29, 0.717) is 5.16 Å². The second-order valence-electron chi connectivity index (χ2n) is 5.93. The minimum atomic E-state index is -2.93. The number of amides is 2. The molecule has 1 aliphatic rings. The molecule has 27 heavy (non-hydrogen) atoms. The number of nitrogens with one attached hydrogen (secondary N) is 1. The van der Waals surface area contributed by atoms with Crippen LogP contribution in [0.1, 0.15) is 35.4 Å². The molecule has 0 spiro atoms. The van der Waals surface area contributed by atoms with Crippen molar-refractivity contribution in [2.45, 2.75) is 44.0 Å². The molecule has 1 N–H and O–H groups in total. The third-order valence-corrected chi connectivity index (χ3v) is 4.97. The quantitative estimate of drug-likeness (QED) is 0.756. The van der Waals surface area contributed by atoms with E-state index in [1.54, 1.807) is 0 Å². The first-order valence-electron chi connectivity index (χ1n) is 8.47. The summed E-state index contributed by atoms with van der Waals surface area (Å²) in [5.74, 6) is -0.183. The number of benzene rings is 1. The van der Waals surface area contributed by atoms with Crippen LogP contribution in [0.4, 0.5) is 8.78 Å². The Morgan fingerprint density at radius 1 is 1.19 bits per heavy atom. The van der Waals surface area contributed by atoms with Gasteiger partial charge in [0.25, 0.3) is 5.91 Å². The van der Waals surface area contributed by atoms with Gasteiger partial charge in [-0.1, -0.05) is 18.2 Å². The number of aryl methyl sites for hydroxylation is 1. The van der Waals surface area contributed by atoms with Crippen molar-refractivity contribution in [3.63, 3.8) is 0 Å². The summed E-state index contributed by atoms with van der Waals surface area (Å²) >= 11 is 1.23. The van der Waals surface area contributed by atoms with E-state index in [1.165, 1.54) is 36.0 Å². The molecule has 2 heterocycles. The van der Waals surface area contributed by atoms with Crippen LogP contribution in [0.15, 0.2) is 29.4 Å². The topological polar surface area (TPSA) is 86.1 Å². The summed E-state index contributed by atoms with van der Waals surface area (Å²) in [6, 6.07) is 5.11. The fraction of sp³-hybridized carbons (Fsp3) is 0.412. The van der Waals surface area contributed by atoms with Gasteiger partial charge in [0, 0.05) is 18.5 Å². The lowest BCUT2D eigenvalue weighted by atomic mass is 10.2. The van der Waals surface area contributed by atoms with Crippen LogP contribution in [-0.2, 0) is 17.8 Å². The first-order valence-corrected chi connectivity index (χ1v) is 9.45. The van der Waals surface area contributed by atoms with Crippen molar-refractivity contribution in [1.82, 2.24) is 20.1 Å². The zero-order chi connectivity index (χ0) is 19.2. The highest BCUT2D eigenvalue weighted by atomic mass is 32.2. The monoisotopic (exact) mass is 396 g/mol. The fourth-order valence-corrected chi connectivity index (χ4v) is 3.50. The van der Waals surface area contributed by atoms with Gasteiger partial charge >= 0.3 is 6.61 Å². The van der Waals surface area contributed by atoms with E-state index >= 15 is 0 Å². The summed E-state index contributed by atoms with van der Waals surface area (Å²) in [6.45, 7) is -2.10. The lowest BCUT2D eigenvalue weighted by Crippen LogP contribution is -2.31. The smallest absolute Gasteiger partial charge is 0.387 e. The Morgan fingerprint density at radius 3 is 2.70 bits per heavy atom. The third kappa shape index (κ3) is 5.25. The minimum Gasteiger partial charge on any atom is -0.435 e. The van der Waals surface area contributed by atoms with E-state index < -0.39 is 18.4 Å². The van der Waals surface area contributed by atoms with Gasteiger partial charge in [-0.25, -0.2) is 0 Å². The molecule has 2 amide bonds. The van der Waals surface area contributed by atoms with Crippen LogP contribution in [0.25, 0.3) is 0 Å². The highest BCUT2D eigenvalue weighted by Crippen LogP contribution is 2.21. The van der Waals surface area contributed by atoms with Gasteiger partial charge in [-0.2, -0.15) is 8.78 Å². The average Bonchev–Trinajstić information content (AvgIpc) is 2.86. The summed E-state index contributed by atoms with van der Waals surface area (Å²) in [4.78, 5) is 24.1.